The Morgan fingerprint density at radius 3 is 2.46 bits per heavy atom. The normalized spacial score (nSPS) is 11.0. The molecule has 0 unspecified atom stereocenters. The molecule has 24 heavy (non-hydrogen) atoms. The number of benzene rings is 1. The first kappa shape index (κ1) is 16.9. The van der Waals surface area contributed by atoms with Crippen LogP contribution in [-0.2, 0) is 18.6 Å². The maximum absolute atomic E-state index is 5.37. The van der Waals surface area contributed by atoms with Gasteiger partial charge in [0.1, 0.15) is 0 Å². The third-order valence-electron chi connectivity index (χ3n) is 3.52. The summed E-state index contributed by atoms with van der Waals surface area (Å²) < 4.78 is 6.24. The lowest BCUT2D eigenvalue weighted by Gasteiger charge is -2.13. The van der Waals surface area contributed by atoms with Crippen LogP contribution < -0.4 is 5.32 Å². The number of para-hydroxylation sites is 1. The van der Waals surface area contributed by atoms with E-state index in [1.54, 1.807) is 18.7 Å². The van der Waals surface area contributed by atoms with Crippen molar-refractivity contribution in [1.29, 1.82) is 0 Å². The minimum atomic E-state index is 0.577. The third-order valence-corrected chi connectivity index (χ3v) is 5.48. The Kier molecular flexibility index (Phi) is 5.47. The van der Waals surface area contributed by atoms with Gasteiger partial charge >= 0.3 is 0 Å². The number of nitrogens with zero attached hydrogens (tertiary/aromatic N) is 4. The third kappa shape index (κ3) is 3.93. The van der Waals surface area contributed by atoms with Crippen molar-refractivity contribution in [3.63, 3.8) is 0 Å². The Morgan fingerprint density at radius 2 is 1.83 bits per heavy atom. The second kappa shape index (κ2) is 7.76. The van der Waals surface area contributed by atoms with Crippen molar-refractivity contribution in [1.82, 2.24) is 20.4 Å². The first-order valence-electron chi connectivity index (χ1n) is 7.82. The molecule has 3 rings (SSSR count). The van der Waals surface area contributed by atoms with Crippen LogP contribution in [0.2, 0.25) is 0 Å². The van der Waals surface area contributed by atoms with E-state index in [0.717, 1.165) is 28.0 Å². The van der Waals surface area contributed by atoms with Crippen LogP contribution >= 0.6 is 23.1 Å². The molecule has 0 aliphatic carbocycles. The standard InChI is InChI=1S/C16H19N5OS2/c1-4-11-7-6-8-12(5-2)14(11)17-15-20-21-16(24-15)23-9-13-19-18-10(3)22-13/h6-8H,4-5,9H2,1-3H3,(H,17,20). The van der Waals surface area contributed by atoms with Gasteiger partial charge in [-0.2, -0.15) is 0 Å². The van der Waals surface area contributed by atoms with Gasteiger partial charge in [0.2, 0.25) is 16.9 Å². The van der Waals surface area contributed by atoms with E-state index in [1.807, 2.05) is 0 Å². The predicted molar refractivity (Wildman–Crippen MR) is 97.0 cm³/mol. The highest BCUT2D eigenvalue weighted by atomic mass is 32.2. The largest absolute Gasteiger partial charge is 0.425 e. The van der Waals surface area contributed by atoms with Crippen molar-refractivity contribution >= 4 is 33.9 Å². The van der Waals surface area contributed by atoms with E-state index in [4.69, 9.17) is 4.42 Å². The van der Waals surface area contributed by atoms with Crippen molar-refractivity contribution in [2.24, 2.45) is 0 Å². The fourth-order valence-electron chi connectivity index (χ4n) is 2.35. The van der Waals surface area contributed by atoms with Crippen LogP contribution in [0.1, 0.15) is 36.8 Å². The number of hydrogen-bond donors (Lipinski definition) is 1. The van der Waals surface area contributed by atoms with Crippen molar-refractivity contribution < 1.29 is 4.42 Å². The van der Waals surface area contributed by atoms with Gasteiger partial charge in [-0.05, 0) is 24.0 Å². The van der Waals surface area contributed by atoms with E-state index in [-0.39, 0.29) is 0 Å². The molecule has 126 valence electrons. The Morgan fingerprint density at radius 1 is 1.08 bits per heavy atom. The summed E-state index contributed by atoms with van der Waals surface area (Å²) in [6.07, 6.45) is 1.96. The Balaban J connectivity index is 1.70. The summed E-state index contributed by atoms with van der Waals surface area (Å²) in [5.74, 6) is 1.78. The number of hydrogen-bond acceptors (Lipinski definition) is 8. The first-order valence-corrected chi connectivity index (χ1v) is 9.62. The summed E-state index contributed by atoms with van der Waals surface area (Å²) in [4.78, 5) is 0. The van der Waals surface area contributed by atoms with E-state index < -0.39 is 0 Å². The van der Waals surface area contributed by atoms with Crippen LogP contribution in [0.4, 0.5) is 10.8 Å². The zero-order valence-corrected chi connectivity index (χ0v) is 15.5. The molecule has 0 fully saturated rings. The van der Waals surface area contributed by atoms with Gasteiger partial charge in [-0.1, -0.05) is 55.1 Å². The Labute approximate surface area is 149 Å². The van der Waals surface area contributed by atoms with Crippen LogP contribution in [0, 0.1) is 6.92 Å². The molecular formula is C16H19N5OS2. The van der Waals surface area contributed by atoms with E-state index in [9.17, 15) is 0 Å². The predicted octanol–water partition coefficient (Wildman–Crippen LogP) is 4.39. The van der Waals surface area contributed by atoms with Gasteiger partial charge in [0.15, 0.2) is 4.34 Å². The lowest BCUT2D eigenvalue weighted by molar-refractivity contribution is 0.485. The molecule has 0 amide bonds. The van der Waals surface area contributed by atoms with Gasteiger partial charge in [0, 0.05) is 12.6 Å². The van der Waals surface area contributed by atoms with Crippen LogP contribution in [-0.4, -0.2) is 20.4 Å². The van der Waals surface area contributed by atoms with Gasteiger partial charge in [0.05, 0.1) is 5.75 Å². The van der Waals surface area contributed by atoms with Crippen molar-refractivity contribution in [3.8, 4) is 0 Å². The molecule has 2 aromatic heterocycles. The molecule has 2 heterocycles. The molecule has 1 aromatic carbocycles. The topological polar surface area (TPSA) is 76.7 Å². The molecule has 0 aliphatic heterocycles. The average Bonchev–Trinajstić information content (AvgIpc) is 3.22. The molecule has 0 saturated heterocycles. The quantitative estimate of drug-likeness (QED) is 0.625. The van der Waals surface area contributed by atoms with Crippen molar-refractivity contribution in [3.05, 3.63) is 41.1 Å². The molecular weight excluding hydrogens is 342 g/mol. The molecule has 0 spiro atoms. The smallest absolute Gasteiger partial charge is 0.226 e. The van der Waals surface area contributed by atoms with Crippen LogP contribution in [0.15, 0.2) is 27.0 Å². The molecule has 0 atom stereocenters. The lowest BCUT2D eigenvalue weighted by atomic mass is 10.0. The van der Waals surface area contributed by atoms with Gasteiger partial charge in [-0.3, -0.25) is 0 Å². The van der Waals surface area contributed by atoms with Gasteiger partial charge in [-0.15, -0.1) is 20.4 Å². The molecule has 0 bridgehead atoms. The van der Waals surface area contributed by atoms with Crippen LogP contribution in [0.5, 0.6) is 0 Å². The van der Waals surface area contributed by atoms with Gasteiger partial charge in [0.25, 0.3) is 0 Å². The number of anilines is 2. The summed E-state index contributed by atoms with van der Waals surface area (Å²) in [6.45, 7) is 6.10. The highest BCUT2D eigenvalue weighted by Crippen LogP contribution is 2.32. The number of rotatable bonds is 7. The fraction of sp³-hybridized carbons (Fsp3) is 0.375. The second-order valence-electron chi connectivity index (χ2n) is 5.16. The first-order chi connectivity index (χ1) is 11.7. The molecule has 0 aliphatic rings. The van der Waals surface area contributed by atoms with Gasteiger partial charge < -0.3 is 9.73 Å². The summed E-state index contributed by atoms with van der Waals surface area (Å²) >= 11 is 3.08. The lowest BCUT2D eigenvalue weighted by Crippen LogP contribution is -1.99. The minimum Gasteiger partial charge on any atom is -0.425 e. The van der Waals surface area contributed by atoms with Crippen LogP contribution in [0.3, 0.4) is 0 Å². The number of aromatic nitrogens is 4. The molecule has 6 nitrogen and oxygen atoms in total. The van der Waals surface area contributed by atoms with E-state index in [2.05, 4.69) is 57.8 Å². The molecule has 8 heteroatoms. The summed E-state index contributed by atoms with van der Waals surface area (Å²) in [5, 5.41) is 20.5. The van der Waals surface area contributed by atoms with Gasteiger partial charge in [-0.25, -0.2) is 0 Å². The van der Waals surface area contributed by atoms with Crippen LogP contribution in [0.25, 0.3) is 0 Å². The maximum atomic E-state index is 5.37. The average molecular weight is 361 g/mol. The number of thioether (sulfide) groups is 1. The van der Waals surface area contributed by atoms with E-state index in [1.165, 1.54) is 22.5 Å². The second-order valence-corrected chi connectivity index (χ2v) is 7.36. The number of aryl methyl sites for hydroxylation is 3. The molecule has 0 radical (unpaired) electrons. The molecule has 3 aromatic rings. The van der Waals surface area contributed by atoms with Crippen molar-refractivity contribution in [2.75, 3.05) is 5.32 Å². The monoisotopic (exact) mass is 361 g/mol. The summed E-state index contributed by atoms with van der Waals surface area (Å²) in [5.41, 5.74) is 3.74. The summed E-state index contributed by atoms with van der Waals surface area (Å²) in [7, 11) is 0. The SMILES string of the molecule is CCc1cccc(CC)c1Nc1nnc(SCc2nnc(C)o2)s1. The molecule has 0 saturated carbocycles. The zero-order chi connectivity index (χ0) is 16.9. The minimum absolute atomic E-state index is 0.577. The fourth-order valence-corrected chi connectivity index (χ4v) is 3.94. The summed E-state index contributed by atoms with van der Waals surface area (Å²) in [6, 6.07) is 6.41. The van der Waals surface area contributed by atoms with Crippen molar-refractivity contribution in [2.45, 2.75) is 43.7 Å². The Bertz CT molecular complexity index is 792. The highest BCUT2D eigenvalue weighted by Gasteiger charge is 2.11. The van der Waals surface area contributed by atoms with E-state index in [0.29, 0.717) is 17.5 Å². The highest BCUT2D eigenvalue weighted by molar-refractivity contribution is 8.00. The Hall–Kier alpha value is -1.93. The zero-order valence-electron chi connectivity index (χ0n) is 13.9. The number of nitrogens with one attached hydrogen (secondary N) is 1. The van der Waals surface area contributed by atoms with E-state index >= 15 is 0 Å². The molecule has 1 N–H and O–H groups in total. The maximum Gasteiger partial charge on any atom is 0.226 e.